The Bertz CT molecular complexity index is 1590. The largest absolute Gasteiger partial charge is 0.453 e. The quantitative estimate of drug-likeness (QED) is 0.254. The minimum absolute atomic E-state index is 0.00195. The van der Waals surface area contributed by atoms with Gasteiger partial charge in [0.15, 0.2) is 11.6 Å². The Morgan fingerprint density at radius 3 is 2.68 bits per heavy atom. The molecular weight excluding hydrogens is 513 g/mol. The van der Waals surface area contributed by atoms with E-state index in [1.807, 2.05) is 54.2 Å². The van der Waals surface area contributed by atoms with Gasteiger partial charge in [0, 0.05) is 37.3 Å². The van der Waals surface area contributed by atoms with Crippen LogP contribution in [-0.4, -0.2) is 25.7 Å². The minimum Gasteiger partial charge on any atom is -0.453 e. The van der Waals surface area contributed by atoms with Gasteiger partial charge < -0.3 is 14.6 Å². The number of benzene rings is 2. The summed E-state index contributed by atoms with van der Waals surface area (Å²) in [5, 5.41) is 1.99. The maximum atomic E-state index is 14.8. The first-order chi connectivity index (χ1) is 17.9. The molecule has 0 unspecified atom stereocenters. The van der Waals surface area contributed by atoms with E-state index in [0.717, 1.165) is 32.4 Å². The molecule has 3 aromatic heterocycles. The van der Waals surface area contributed by atoms with Crippen LogP contribution in [0.3, 0.4) is 0 Å². The van der Waals surface area contributed by atoms with Crippen molar-refractivity contribution in [1.29, 1.82) is 0 Å². The van der Waals surface area contributed by atoms with Gasteiger partial charge in [-0.2, -0.15) is 0 Å². The van der Waals surface area contributed by atoms with E-state index < -0.39 is 11.1 Å². The third kappa shape index (κ3) is 5.96. The van der Waals surface area contributed by atoms with Crippen molar-refractivity contribution in [1.82, 2.24) is 19.3 Å². The zero-order valence-corrected chi connectivity index (χ0v) is 21.1. The molecule has 37 heavy (non-hydrogen) atoms. The zero-order valence-electron chi connectivity index (χ0n) is 19.5. The molecule has 0 fully saturated rings. The van der Waals surface area contributed by atoms with Crippen LogP contribution in [0, 0.1) is 5.82 Å². The number of pyridine rings is 1. The van der Waals surface area contributed by atoms with Crippen LogP contribution in [0.5, 0.6) is 11.5 Å². The zero-order chi connectivity index (χ0) is 25.8. The van der Waals surface area contributed by atoms with Crippen molar-refractivity contribution in [3.63, 3.8) is 0 Å². The van der Waals surface area contributed by atoms with Gasteiger partial charge >= 0.3 is 5.24 Å². The van der Waals surface area contributed by atoms with Crippen molar-refractivity contribution in [2.45, 2.75) is 6.42 Å². The van der Waals surface area contributed by atoms with Crippen molar-refractivity contribution in [2.75, 3.05) is 5.32 Å². The van der Waals surface area contributed by atoms with Crippen LogP contribution in [0.1, 0.15) is 5.56 Å². The van der Waals surface area contributed by atoms with Crippen molar-refractivity contribution in [3.05, 3.63) is 90.8 Å². The summed E-state index contributed by atoms with van der Waals surface area (Å²) in [6.07, 6.45) is 5.38. The van der Waals surface area contributed by atoms with Crippen molar-refractivity contribution in [2.24, 2.45) is 7.05 Å². The van der Waals surface area contributed by atoms with Gasteiger partial charge in [-0.3, -0.25) is 19.3 Å². The molecule has 186 valence electrons. The van der Waals surface area contributed by atoms with E-state index in [9.17, 15) is 14.0 Å². The Kier molecular flexibility index (Phi) is 7.15. The van der Waals surface area contributed by atoms with E-state index in [4.69, 9.17) is 4.74 Å². The first-order valence-electron chi connectivity index (χ1n) is 11.1. The predicted octanol–water partition coefficient (Wildman–Crippen LogP) is 6.17. The molecule has 0 radical (unpaired) electrons. The number of aromatic nitrogens is 3. The molecule has 2 aromatic carbocycles. The number of ether oxygens (including phenoxy) is 1. The van der Waals surface area contributed by atoms with Gasteiger partial charge in [-0.15, -0.1) is 11.3 Å². The molecule has 0 saturated heterocycles. The second-order valence-corrected chi connectivity index (χ2v) is 9.84. The van der Waals surface area contributed by atoms with Gasteiger partial charge in [-0.05, 0) is 23.8 Å². The van der Waals surface area contributed by atoms with Gasteiger partial charge in [0.05, 0.1) is 45.5 Å². The lowest BCUT2D eigenvalue weighted by Crippen LogP contribution is -2.22. The predicted molar refractivity (Wildman–Crippen MR) is 143 cm³/mol. The molecule has 0 aliphatic heterocycles. The van der Waals surface area contributed by atoms with Crippen molar-refractivity contribution < 1.29 is 18.7 Å². The van der Waals surface area contributed by atoms with Gasteiger partial charge in [-0.25, -0.2) is 9.37 Å². The van der Waals surface area contributed by atoms with E-state index in [-0.39, 0.29) is 23.8 Å². The summed E-state index contributed by atoms with van der Waals surface area (Å²) >= 11 is 2.05. The molecule has 0 aliphatic rings. The van der Waals surface area contributed by atoms with E-state index in [1.54, 1.807) is 18.6 Å². The fraction of sp³-hybridized carbons (Fsp3) is 0.0769. The number of thiophene rings is 1. The molecule has 0 atom stereocenters. The molecule has 5 aromatic rings. The van der Waals surface area contributed by atoms with Gasteiger partial charge in [0.2, 0.25) is 5.91 Å². The fourth-order valence-corrected chi connectivity index (χ4v) is 4.98. The first kappa shape index (κ1) is 24.5. The maximum absolute atomic E-state index is 14.8. The van der Waals surface area contributed by atoms with Crippen LogP contribution in [0.15, 0.2) is 79.4 Å². The van der Waals surface area contributed by atoms with Gasteiger partial charge in [0.1, 0.15) is 5.75 Å². The summed E-state index contributed by atoms with van der Waals surface area (Å²) in [6, 6.07) is 16.9. The molecule has 3 heterocycles. The molecule has 0 spiro atoms. The minimum atomic E-state index is -0.651. The highest BCUT2D eigenvalue weighted by atomic mass is 32.2. The summed E-state index contributed by atoms with van der Waals surface area (Å²) in [5.41, 5.74) is 2.60. The fourth-order valence-electron chi connectivity index (χ4n) is 3.51. The Morgan fingerprint density at radius 2 is 1.92 bits per heavy atom. The molecule has 0 bridgehead atoms. The second kappa shape index (κ2) is 10.8. The summed E-state index contributed by atoms with van der Waals surface area (Å²) in [4.78, 5) is 33.9. The lowest BCUT2D eigenvalue weighted by molar-refractivity contribution is -0.118. The van der Waals surface area contributed by atoms with Crippen LogP contribution in [0.25, 0.3) is 20.8 Å². The number of fused-ring (bicyclic) bond motifs is 1. The number of rotatable bonds is 6. The summed E-state index contributed by atoms with van der Waals surface area (Å²) < 4.78 is 25.8. The molecule has 0 aliphatic carbocycles. The molecule has 8 nitrogen and oxygen atoms in total. The average Bonchev–Trinajstić information content (AvgIpc) is 3.52. The monoisotopic (exact) mass is 533 g/mol. The third-order valence-electron chi connectivity index (χ3n) is 5.20. The third-order valence-corrected chi connectivity index (χ3v) is 6.97. The Balaban J connectivity index is 1.22. The molecular formula is C26H20FN5O3S2. The van der Waals surface area contributed by atoms with Crippen LogP contribution < -0.4 is 14.8 Å². The number of nitrogens with one attached hydrogen (secondary N) is 2. The van der Waals surface area contributed by atoms with Crippen molar-refractivity contribution in [3.8, 4) is 22.1 Å². The van der Waals surface area contributed by atoms with Gasteiger partial charge in [-0.1, -0.05) is 30.3 Å². The number of hydrogen-bond acceptors (Lipinski definition) is 7. The highest BCUT2D eigenvalue weighted by molar-refractivity contribution is 8.12. The topological polar surface area (TPSA) is 98.1 Å². The second-order valence-electron chi connectivity index (χ2n) is 8.01. The number of carbonyl (C=O) groups excluding carboxylic acids is 2. The standard InChI is InChI=1S/C26H20FN5O3S2/c1-32-14-20(29-15-32)23-13-19-25(36-23)22(9-10-28-19)35-21-8-7-17(12-18(21)27)30-26(34)37-31-24(33)11-16-5-3-2-4-6-16/h2-10,12-15H,11H2,1H3,(H,30,34)(H,31,33). The summed E-state index contributed by atoms with van der Waals surface area (Å²) in [7, 11) is 1.90. The van der Waals surface area contributed by atoms with Crippen LogP contribution in [0.2, 0.25) is 0 Å². The maximum Gasteiger partial charge on any atom is 0.304 e. The van der Waals surface area contributed by atoms with E-state index in [0.29, 0.717) is 17.7 Å². The number of halogens is 1. The van der Waals surface area contributed by atoms with E-state index >= 15 is 0 Å². The summed E-state index contributed by atoms with van der Waals surface area (Å²) in [6.45, 7) is 0. The Morgan fingerprint density at radius 1 is 1.08 bits per heavy atom. The normalized spacial score (nSPS) is 10.9. The number of imidazole rings is 1. The number of hydrogen-bond donors (Lipinski definition) is 2. The number of carbonyl (C=O) groups is 2. The number of anilines is 1. The van der Waals surface area contributed by atoms with Crippen LogP contribution >= 0.6 is 23.3 Å². The Hall–Kier alpha value is -4.22. The molecule has 0 saturated carbocycles. The average molecular weight is 534 g/mol. The lowest BCUT2D eigenvalue weighted by Gasteiger charge is -2.10. The SMILES string of the molecule is Cn1cnc(-c2cc3nccc(Oc4ccc(NC(=O)SNC(=O)Cc5ccccc5)cc4F)c3s2)c1. The molecule has 2 amide bonds. The highest BCUT2D eigenvalue weighted by Crippen LogP contribution is 2.39. The first-order valence-corrected chi connectivity index (χ1v) is 12.7. The van der Waals surface area contributed by atoms with Crippen LogP contribution in [-0.2, 0) is 18.3 Å². The molecule has 5 rings (SSSR count). The molecule has 11 heteroatoms. The van der Waals surface area contributed by atoms with Crippen LogP contribution in [0.4, 0.5) is 14.9 Å². The van der Waals surface area contributed by atoms with E-state index in [1.165, 1.54) is 23.5 Å². The Labute approximate surface area is 219 Å². The van der Waals surface area contributed by atoms with E-state index in [2.05, 4.69) is 20.0 Å². The van der Waals surface area contributed by atoms with Crippen molar-refractivity contribution >= 4 is 50.3 Å². The van der Waals surface area contributed by atoms with Gasteiger partial charge in [0.25, 0.3) is 0 Å². The highest BCUT2D eigenvalue weighted by Gasteiger charge is 2.15. The smallest absolute Gasteiger partial charge is 0.304 e. The molecule has 2 N–H and O–H groups in total. The summed E-state index contributed by atoms with van der Waals surface area (Å²) in [5.74, 6) is -0.501. The number of aryl methyl sites for hydroxylation is 1. The number of nitrogens with zero attached hydrogens (tertiary/aromatic N) is 3. The lowest BCUT2D eigenvalue weighted by atomic mass is 10.1. The number of amides is 2.